The standard InChI is InChI=1S/C18H12Cl2N4O3S/c19-12-3-1-11(2-4-12)17-23-22-16(26-17)10-28-18-24-21-15(27-18)9-25-14-7-5-13(20)6-8-14/h1-8H,9-10H2. The van der Waals surface area contributed by atoms with Gasteiger partial charge < -0.3 is 13.6 Å². The summed E-state index contributed by atoms with van der Waals surface area (Å²) in [5, 5.41) is 17.7. The molecule has 2 aromatic carbocycles. The fraction of sp³-hybridized carbons (Fsp3) is 0.111. The Morgan fingerprint density at radius 1 is 0.786 bits per heavy atom. The number of rotatable bonds is 7. The highest BCUT2D eigenvalue weighted by Crippen LogP contribution is 2.25. The van der Waals surface area contributed by atoms with Crippen molar-refractivity contribution in [2.75, 3.05) is 0 Å². The van der Waals surface area contributed by atoms with E-state index in [9.17, 15) is 0 Å². The molecule has 0 aliphatic carbocycles. The van der Waals surface area contributed by atoms with Crippen LogP contribution >= 0.6 is 35.0 Å². The number of nitrogens with zero attached hydrogens (tertiary/aromatic N) is 4. The maximum Gasteiger partial charge on any atom is 0.277 e. The molecule has 10 heteroatoms. The van der Waals surface area contributed by atoms with Gasteiger partial charge in [0.25, 0.3) is 11.1 Å². The molecule has 0 aliphatic rings. The lowest BCUT2D eigenvalue weighted by Crippen LogP contribution is -1.95. The van der Waals surface area contributed by atoms with Gasteiger partial charge in [0.15, 0.2) is 6.61 Å². The van der Waals surface area contributed by atoms with E-state index in [0.29, 0.717) is 44.4 Å². The summed E-state index contributed by atoms with van der Waals surface area (Å²) in [7, 11) is 0. The van der Waals surface area contributed by atoms with E-state index in [1.807, 2.05) is 12.1 Å². The van der Waals surface area contributed by atoms with Gasteiger partial charge in [-0.25, -0.2) is 0 Å². The van der Waals surface area contributed by atoms with Crippen molar-refractivity contribution in [2.45, 2.75) is 17.6 Å². The molecule has 28 heavy (non-hydrogen) atoms. The molecule has 0 radical (unpaired) electrons. The lowest BCUT2D eigenvalue weighted by atomic mass is 10.2. The van der Waals surface area contributed by atoms with E-state index in [1.165, 1.54) is 11.8 Å². The third-order valence-corrected chi connectivity index (χ3v) is 4.81. The number of ether oxygens (including phenoxy) is 1. The molecule has 2 heterocycles. The Bertz CT molecular complexity index is 1050. The van der Waals surface area contributed by atoms with Gasteiger partial charge in [-0.1, -0.05) is 35.0 Å². The molecule has 0 bridgehead atoms. The summed E-state index contributed by atoms with van der Waals surface area (Å²) in [6.07, 6.45) is 0. The molecular formula is C18H12Cl2N4O3S. The van der Waals surface area contributed by atoms with E-state index < -0.39 is 0 Å². The normalized spacial score (nSPS) is 10.9. The van der Waals surface area contributed by atoms with Crippen LogP contribution in [0.1, 0.15) is 11.8 Å². The Balaban J connectivity index is 1.31. The van der Waals surface area contributed by atoms with Gasteiger partial charge in [0.1, 0.15) is 5.75 Å². The number of thioether (sulfide) groups is 1. The molecule has 4 aromatic rings. The van der Waals surface area contributed by atoms with Gasteiger partial charge in [-0.2, -0.15) is 0 Å². The van der Waals surface area contributed by atoms with E-state index in [2.05, 4.69) is 20.4 Å². The van der Waals surface area contributed by atoms with Crippen molar-refractivity contribution < 1.29 is 13.6 Å². The summed E-state index contributed by atoms with van der Waals surface area (Å²) >= 11 is 13.0. The Hall–Kier alpha value is -2.55. The summed E-state index contributed by atoms with van der Waals surface area (Å²) in [4.78, 5) is 0. The molecule has 0 unspecified atom stereocenters. The van der Waals surface area contributed by atoms with Crippen molar-refractivity contribution in [1.29, 1.82) is 0 Å². The molecule has 0 spiro atoms. The van der Waals surface area contributed by atoms with E-state index >= 15 is 0 Å². The van der Waals surface area contributed by atoms with E-state index in [-0.39, 0.29) is 6.61 Å². The van der Waals surface area contributed by atoms with Crippen molar-refractivity contribution in [3.8, 4) is 17.2 Å². The smallest absolute Gasteiger partial charge is 0.277 e. The molecular weight excluding hydrogens is 423 g/mol. The molecule has 0 atom stereocenters. The second-order valence-corrected chi connectivity index (χ2v) is 7.30. The van der Waals surface area contributed by atoms with Crippen molar-refractivity contribution in [3.05, 3.63) is 70.4 Å². The van der Waals surface area contributed by atoms with Gasteiger partial charge >= 0.3 is 0 Å². The zero-order chi connectivity index (χ0) is 19.3. The zero-order valence-corrected chi connectivity index (χ0v) is 16.5. The highest BCUT2D eigenvalue weighted by molar-refractivity contribution is 7.98. The van der Waals surface area contributed by atoms with Gasteiger partial charge in [0.2, 0.25) is 11.8 Å². The van der Waals surface area contributed by atoms with Crippen molar-refractivity contribution >= 4 is 35.0 Å². The largest absolute Gasteiger partial charge is 0.484 e. The number of benzene rings is 2. The maximum absolute atomic E-state index is 5.88. The first-order valence-electron chi connectivity index (χ1n) is 8.07. The fourth-order valence-electron chi connectivity index (χ4n) is 2.18. The van der Waals surface area contributed by atoms with Crippen molar-refractivity contribution in [2.24, 2.45) is 0 Å². The second-order valence-electron chi connectivity index (χ2n) is 5.50. The Labute approximate surface area is 174 Å². The number of hydrogen-bond donors (Lipinski definition) is 0. The number of aromatic nitrogens is 4. The summed E-state index contributed by atoms with van der Waals surface area (Å²) < 4.78 is 16.8. The predicted molar refractivity (Wildman–Crippen MR) is 104 cm³/mol. The van der Waals surface area contributed by atoms with Crippen LogP contribution in [0.3, 0.4) is 0 Å². The summed E-state index contributed by atoms with van der Waals surface area (Å²) in [5.41, 5.74) is 0.799. The summed E-state index contributed by atoms with van der Waals surface area (Å²) in [6.45, 7) is 0.163. The van der Waals surface area contributed by atoms with Gasteiger partial charge in [0.05, 0.1) is 5.75 Å². The quantitative estimate of drug-likeness (QED) is 0.362. The number of halogens is 2. The average Bonchev–Trinajstić information content (AvgIpc) is 3.36. The van der Waals surface area contributed by atoms with E-state index in [0.717, 1.165) is 5.56 Å². The minimum absolute atomic E-state index is 0.163. The van der Waals surface area contributed by atoms with Gasteiger partial charge in [-0.3, -0.25) is 0 Å². The Morgan fingerprint density at radius 3 is 2.21 bits per heavy atom. The van der Waals surface area contributed by atoms with Crippen LogP contribution in [0.2, 0.25) is 10.0 Å². The fourth-order valence-corrected chi connectivity index (χ4v) is 3.04. The Kier molecular flexibility index (Phi) is 5.80. The van der Waals surface area contributed by atoms with E-state index in [4.69, 9.17) is 36.8 Å². The average molecular weight is 435 g/mol. The third-order valence-electron chi connectivity index (χ3n) is 3.50. The van der Waals surface area contributed by atoms with Gasteiger partial charge in [0, 0.05) is 15.6 Å². The zero-order valence-electron chi connectivity index (χ0n) is 14.2. The monoisotopic (exact) mass is 434 g/mol. The second kappa shape index (κ2) is 8.64. The van der Waals surface area contributed by atoms with Crippen LogP contribution in [0.4, 0.5) is 0 Å². The molecule has 142 valence electrons. The van der Waals surface area contributed by atoms with Crippen LogP contribution in [-0.2, 0) is 12.4 Å². The molecule has 7 nitrogen and oxygen atoms in total. The first-order chi connectivity index (χ1) is 13.7. The minimum Gasteiger partial charge on any atom is -0.484 e. The molecule has 2 aromatic heterocycles. The molecule has 4 rings (SSSR count). The van der Waals surface area contributed by atoms with Gasteiger partial charge in [-0.05, 0) is 48.5 Å². The predicted octanol–water partition coefficient (Wildman–Crippen LogP) is 5.30. The van der Waals surface area contributed by atoms with Crippen LogP contribution in [0.5, 0.6) is 5.75 Å². The molecule has 0 N–H and O–H groups in total. The highest BCUT2D eigenvalue weighted by atomic mass is 35.5. The first kappa shape index (κ1) is 18.8. The van der Waals surface area contributed by atoms with Gasteiger partial charge in [-0.15, -0.1) is 20.4 Å². The number of hydrogen-bond acceptors (Lipinski definition) is 8. The lowest BCUT2D eigenvalue weighted by Gasteiger charge is -2.02. The molecule has 0 fully saturated rings. The van der Waals surface area contributed by atoms with Crippen LogP contribution < -0.4 is 4.74 Å². The topological polar surface area (TPSA) is 87.1 Å². The molecule has 0 saturated heterocycles. The molecule has 0 aliphatic heterocycles. The first-order valence-corrected chi connectivity index (χ1v) is 9.82. The summed E-state index contributed by atoms with van der Waals surface area (Å²) in [5.74, 6) is 2.31. The summed E-state index contributed by atoms with van der Waals surface area (Å²) in [6, 6.07) is 14.2. The van der Waals surface area contributed by atoms with E-state index in [1.54, 1.807) is 36.4 Å². The van der Waals surface area contributed by atoms with Crippen LogP contribution in [0, 0.1) is 0 Å². The van der Waals surface area contributed by atoms with Crippen LogP contribution in [0.25, 0.3) is 11.5 Å². The van der Waals surface area contributed by atoms with Crippen molar-refractivity contribution in [3.63, 3.8) is 0 Å². The minimum atomic E-state index is 0.163. The lowest BCUT2D eigenvalue weighted by molar-refractivity contribution is 0.252. The third kappa shape index (κ3) is 4.83. The molecule has 0 saturated carbocycles. The highest BCUT2D eigenvalue weighted by Gasteiger charge is 2.12. The van der Waals surface area contributed by atoms with Crippen LogP contribution in [0.15, 0.2) is 62.6 Å². The molecule has 0 amide bonds. The Morgan fingerprint density at radius 2 is 1.46 bits per heavy atom. The van der Waals surface area contributed by atoms with Crippen molar-refractivity contribution in [1.82, 2.24) is 20.4 Å². The maximum atomic E-state index is 5.88. The SMILES string of the molecule is Clc1ccc(OCc2nnc(SCc3nnc(-c4ccc(Cl)cc4)o3)o2)cc1. The van der Waals surface area contributed by atoms with Crippen LogP contribution in [-0.4, -0.2) is 20.4 Å².